The molecule has 2 N–H and O–H groups in total. The number of carbonyl (C=O) groups is 3. The molecular weight excluding hydrogens is 396 g/mol. The summed E-state index contributed by atoms with van der Waals surface area (Å²) in [6.07, 6.45) is 1.24. The van der Waals surface area contributed by atoms with Crippen molar-refractivity contribution in [1.29, 1.82) is 0 Å². The lowest BCUT2D eigenvalue weighted by Gasteiger charge is -2.07. The van der Waals surface area contributed by atoms with Gasteiger partial charge in [0.2, 0.25) is 5.91 Å². The molecule has 0 saturated carbocycles. The number of halogens is 1. The van der Waals surface area contributed by atoms with Crippen LogP contribution in [0.15, 0.2) is 58.6 Å². The zero-order valence-corrected chi connectivity index (χ0v) is 16.3. The lowest BCUT2D eigenvalue weighted by atomic mass is 10.1. The van der Waals surface area contributed by atoms with Crippen LogP contribution in [0.4, 0.5) is 11.4 Å². The summed E-state index contributed by atoms with van der Waals surface area (Å²) in [5, 5.41) is 5.40. The lowest BCUT2D eigenvalue weighted by Crippen LogP contribution is -2.16. The molecular formula is C20H19BrN2O3. The standard InChI is InChI=1S/C20H19BrN2O3/c1-12-4-7-17(11-18(12)21)22-19(25)10-13(2)20(26)23-16-8-5-15(6-9-16)14(3)24/h4-11H,1-3H3,(H,22,25)(H,23,26)/b13-10-. The smallest absolute Gasteiger partial charge is 0.251 e. The summed E-state index contributed by atoms with van der Waals surface area (Å²) in [4.78, 5) is 35.5. The first-order chi connectivity index (χ1) is 12.3. The van der Waals surface area contributed by atoms with E-state index in [4.69, 9.17) is 0 Å². The number of ketones is 1. The maximum Gasteiger partial charge on any atom is 0.251 e. The normalized spacial score (nSPS) is 11.0. The van der Waals surface area contributed by atoms with Gasteiger partial charge in [-0.3, -0.25) is 14.4 Å². The number of carbonyl (C=O) groups excluding carboxylic acids is 3. The van der Waals surface area contributed by atoms with Gasteiger partial charge in [0.05, 0.1) is 0 Å². The molecule has 26 heavy (non-hydrogen) atoms. The molecule has 2 aromatic rings. The number of hydrogen-bond acceptors (Lipinski definition) is 3. The highest BCUT2D eigenvalue weighted by molar-refractivity contribution is 9.10. The van der Waals surface area contributed by atoms with Gasteiger partial charge < -0.3 is 10.6 Å². The quantitative estimate of drug-likeness (QED) is 0.559. The van der Waals surface area contributed by atoms with E-state index in [2.05, 4.69) is 26.6 Å². The monoisotopic (exact) mass is 414 g/mol. The third-order valence-electron chi connectivity index (χ3n) is 3.69. The largest absolute Gasteiger partial charge is 0.322 e. The highest BCUT2D eigenvalue weighted by atomic mass is 79.9. The van der Waals surface area contributed by atoms with Crippen LogP contribution in [-0.2, 0) is 9.59 Å². The van der Waals surface area contributed by atoms with Crippen LogP contribution in [0.2, 0.25) is 0 Å². The molecule has 0 atom stereocenters. The van der Waals surface area contributed by atoms with Gasteiger partial charge in [-0.05, 0) is 62.7 Å². The Bertz CT molecular complexity index is 886. The van der Waals surface area contributed by atoms with Gasteiger partial charge >= 0.3 is 0 Å². The summed E-state index contributed by atoms with van der Waals surface area (Å²) in [6.45, 7) is 4.99. The van der Waals surface area contributed by atoms with E-state index in [0.717, 1.165) is 10.0 Å². The summed E-state index contributed by atoms with van der Waals surface area (Å²) in [6, 6.07) is 12.0. The van der Waals surface area contributed by atoms with Gasteiger partial charge in [-0.1, -0.05) is 22.0 Å². The highest BCUT2D eigenvalue weighted by Gasteiger charge is 2.09. The second-order valence-electron chi connectivity index (χ2n) is 5.87. The molecule has 0 saturated heterocycles. The Morgan fingerprint density at radius 2 is 1.54 bits per heavy atom. The van der Waals surface area contributed by atoms with Crippen molar-refractivity contribution in [1.82, 2.24) is 0 Å². The lowest BCUT2D eigenvalue weighted by molar-refractivity contribution is -0.114. The Kier molecular flexibility index (Phi) is 6.46. The Morgan fingerprint density at radius 1 is 0.923 bits per heavy atom. The van der Waals surface area contributed by atoms with E-state index >= 15 is 0 Å². The van der Waals surface area contributed by atoms with Crippen molar-refractivity contribution in [2.75, 3.05) is 10.6 Å². The second kappa shape index (κ2) is 8.58. The van der Waals surface area contributed by atoms with Crippen LogP contribution in [0.1, 0.15) is 29.8 Å². The molecule has 0 aromatic heterocycles. The summed E-state index contributed by atoms with van der Waals surface area (Å²) in [5.41, 5.74) is 3.08. The molecule has 0 heterocycles. The topological polar surface area (TPSA) is 75.3 Å². The number of aryl methyl sites for hydroxylation is 1. The fraction of sp³-hybridized carbons (Fsp3) is 0.150. The Morgan fingerprint density at radius 3 is 2.12 bits per heavy atom. The number of anilines is 2. The molecule has 0 aliphatic carbocycles. The van der Waals surface area contributed by atoms with E-state index < -0.39 is 0 Å². The maximum absolute atomic E-state index is 12.2. The fourth-order valence-electron chi connectivity index (χ4n) is 2.13. The van der Waals surface area contributed by atoms with Gasteiger partial charge in [0.25, 0.3) is 5.91 Å². The van der Waals surface area contributed by atoms with Gasteiger partial charge in [-0.15, -0.1) is 0 Å². The molecule has 6 heteroatoms. The van der Waals surface area contributed by atoms with E-state index in [1.54, 1.807) is 43.3 Å². The molecule has 0 aliphatic rings. The maximum atomic E-state index is 12.2. The molecule has 0 bridgehead atoms. The Balaban J connectivity index is 2.00. The number of Topliss-reactive ketones (excluding diaryl/α,β-unsaturated/α-hetero) is 1. The van der Waals surface area contributed by atoms with Crippen molar-refractivity contribution < 1.29 is 14.4 Å². The summed E-state index contributed by atoms with van der Waals surface area (Å²) in [7, 11) is 0. The molecule has 0 fully saturated rings. The van der Waals surface area contributed by atoms with Gasteiger partial charge in [0, 0.05) is 33.1 Å². The molecule has 0 unspecified atom stereocenters. The first kappa shape index (κ1) is 19.6. The van der Waals surface area contributed by atoms with Crippen molar-refractivity contribution >= 4 is 44.9 Å². The molecule has 5 nitrogen and oxygen atoms in total. The average molecular weight is 415 g/mol. The van der Waals surface area contributed by atoms with Crippen LogP contribution < -0.4 is 10.6 Å². The minimum absolute atomic E-state index is 0.0432. The summed E-state index contributed by atoms with van der Waals surface area (Å²) in [5.74, 6) is -0.820. The number of benzene rings is 2. The van der Waals surface area contributed by atoms with E-state index in [-0.39, 0.29) is 23.2 Å². The third kappa shape index (κ3) is 5.39. The molecule has 0 spiro atoms. The Labute approximate surface area is 160 Å². The van der Waals surface area contributed by atoms with Crippen LogP contribution >= 0.6 is 15.9 Å². The number of rotatable bonds is 5. The zero-order chi connectivity index (χ0) is 19.3. The Hall–Kier alpha value is -2.73. The predicted molar refractivity (Wildman–Crippen MR) is 106 cm³/mol. The zero-order valence-electron chi connectivity index (χ0n) is 14.7. The second-order valence-corrected chi connectivity index (χ2v) is 6.72. The molecule has 134 valence electrons. The predicted octanol–water partition coefficient (Wildman–Crippen LogP) is 4.48. The summed E-state index contributed by atoms with van der Waals surface area (Å²) < 4.78 is 0.891. The van der Waals surface area contributed by atoms with Gasteiger partial charge in [0.15, 0.2) is 5.78 Å². The third-order valence-corrected chi connectivity index (χ3v) is 4.55. The van der Waals surface area contributed by atoms with Crippen molar-refractivity contribution in [2.24, 2.45) is 0 Å². The van der Waals surface area contributed by atoms with Crippen molar-refractivity contribution in [3.63, 3.8) is 0 Å². The molecule has 0 radical (unpaired) electrons. The number of amides is 2. The van der Waals surface area contributed by atoms with Gasteiger partial charge in [-0.25, -0.2) is 0 Å². The molecule has 0 aliphatic heterocycles. The minimum Gasteiger partial charge on any atom is -0.322 e. The van der Waals surface area contributed by atoms with Crippen LogP contribution in [-0.4, -0.2) is 17.6 Å². The van der Waals surface area contributed by atoms with Gasteiger partial charge in [-0.2, -0.15) is 0 Å². The number of nitrogens with one attached hydrogen (secondary N) is 2. The van der Waals surface area contributed by atoms with Crippen molar-refractivity contribution in [3.8, 4) is 0 Å². The van der Waals surface area contributed by atoms with Crippen LogP contribution in [0.3, 0.4) is 0 Å². The fourth-order valence-corrected chi connectivity index (χ4v) is 2.51. The molecule has 2 aromatic carbocycles. The van der Waals surface area contributed by atoms with Crippen LogP contribution in [0.5, 0.6) is 0 Å². The van der Waals surface area contributed by atoms with Crippen molar-refractivity contribution in [2.45, 2.75) is 20.8 Å². The molecule has 2 rings (SSSR count). The number of hydrogen-bond donors (Lipinski definition) is 2. The highest BCUT2D eigenvalue weighted by Crippen LogP contribution is 2.20. The average Bonchev–Trinajstić information content (AvgIpc) is 2.58. The van der Waals surface area contributed by atoms with E-state index in [9.17, 15) is 14.4 Å². The minimum atomic E-state index is -0.389. The first-order valence-corrected chi connectivity index (χ1v) is 8.73. The van der Waals surface area contributed by atoms with E-state index in [1.807, 2.05) is 13.0 Å². The van der Waals surface area contributed by atoms with Crippen molar-refractivity contribution in [3.05, 3.63) is 69.7 Å². The first-order valence-electron chi connectivity index (χ1n) is 7.94. The van der Waals surface area contributed by atoms with Gasteiger partial charge in [0.1, 0.15) is 0 Å². The SMILES string of the molecule is CC(=O)c1ccc(NC(=O)/C(C)=C\C(=O)Nc2ccc(C)c(Br)c2)cc1. The summed E-state index contributed by atoms with van der Waals surface area (Å²) >= 11 is 3.41. The van der Waals surface area contributed by atoms with Crippen LogP contribution in [0, 0.1) is 6.92 Å². The van der Waals surface area contributed by atoms with E-state index in [1.165, 1.54) is 13.0 Å². The van der Waals surface area contributed by atoms with E-state index in [0.29, 0.717) is 16.9 Å². The van der Waals surface area contributed by atoms with Crippen LogP contribution in [0.25, 0.3) is 0 Å². The molecule has 2 amide bonds.